The van der Waals surface area contributed by atoms with E-state index >= 15 is 0 Å². The van der Waals surface area contributed by atoms with E-state index in [9.17, 15) is 9.59 Å². The first kappa shape index (κ1) is 13.0. The number of aromatic carboxylic acids is 1. The third-order valence-corrected chi connectivity index (χ3v) is 2.73. The molecule has 1 aromatic heterocycles. The number of pyridine rings is 1. The van der Waals surface area contributed by atoms with Crippen LogP contribution in [0.5, 0.6) is 0 Å². The summed E-state index contributed by atoms with van der Waals surface area (Å²) in [6, 6.07) is 4.64. The second-order valence-electron chi connectivity index (χ2n) is 3.98. The van der Waals surface area contributed by atoms with Gasteiger partial charge in [-0.1, -0.05) is 0 Å². The largest absolute Gasteiger partial charge is 0.478 e. The van der Waals surface area contributed by atoms with Gasteiger partial charge in [0.05, 0.1) is 24.8 Å². The Kier molecular flexibility index (Phi) is 3.73. The lowest BCUT2D eigenvalue weighted by molar-refractivity contribution is 0.00319. The van der Waals surface area contributed by atoms with Gasteiger partial charge in [-0.25, -0.2) is 4.79 Å². The zero-order valence-electron chi connectivity index (χ0n) is 9.94. The molecule has 0 spiro atoms. The van der Waals surface area contributed by atoms with Crippen LogP contribution < -0.4 is 0 Å². The van der Waals surface area contributed by atoms with Crippen LogP contribution in [0.25, 0.3) is 0 Å². The molecule has 2 rings (SSSR count). The molecule has 0 bridgehead atoms. The van der Waals surface area contributed by atoms with Crippen LogP contribution in [0, 0.1) is 11.3 Å². The Bertz CT molecular complexity index is 535. The number of nitriles is 1. The van der Waals surface area contributed by atoms with Crippen molar-refractivity contribution in [3.05, 3.63) is 29.6 Å². The molecular weight excluding hydrogens is 250 g/mol. The zero-order valence-corrected chi connectivity index (χ0v) is 9.94. The summed E-state index contributed by atoms with van der Waals surface area (Å²) in [4.78, 5) is 28.1. The van der Waals surface area contributed by atoms with Crippen LogP contribution in [0.4, 0.5) is 0 Å². The Balaban J connectivity index is 2.11. The van der Waals surface area contributed by atoms with E-state index < -0.39 is 12.1 Å². The van der Waals surface area contributed by atoms with Crippen LogP contribution in [-0.2, 0) is 4.74 Å². The molecule has 1 atom stereocenters. The number of nitrogens with zero attached hydrogens (tertiary/aromatic N) is 3. The number of hydrogen-bond acceptors (Lipinski definition) is 5. The molecule has 2 heterocycles. The number of carboxylic acids is 1. The van der Waals surface area contributed by atoms with Crippen LogP contribution in [-0.4, -0.2) is 52.7 Å². The number of amides is 1. The van der Waals surface area contributed by atoms with E-state index in [-0.39, 0.29) is 23.7 Å². The Labute approximate surface area is 109 Å². The van der Waals surface area contributed by atoms with Gasteiger partial charge in [0.1, 0.15) is 5.69 Å². The third kappa shape index (κ3) is 2.86. The second kappa shape index (κ2) is 5.46. The SMILES string of the molecule is N#CC1CN(C(=O)c2ccc(C(=O)O)cn2)CCO1. The average Bonchev–Trinajstić information content (AvgIpc) is 2.46. The van der Waals surface area contributed by atoms with E-state index in [1.165, 1.54) is 17.0 Å². The maximum absolute atomic E-state index is 12.1. The molecule has 0 aliphatic carbocycles. The Morgan fingerprint density at radius 2 is 2.32 bits per heavy atom. The summed E-state index contributed by atoms with van der Waals surface area (Å²) >= 11 is 0. The van der Waals surface area contributed by atoms with Crippen molar-refractivity contribution < 1.29 is 19.4 Å². The van der Waals surface area contributed by atoms with Gasteiger partial charge in [0.25, 0.3) is 5.91 Å². The summed E-state index contributed by atoms with van der Waals surface area (Å²) in [5.41, 5.74) is 0.178. The van der Waals surface area contributed by atoms with Gasteiger partial charge in [0, 0.05) is 12.7 Å². The first-order valence-corrected chi connectivity index (χ1v) is 5.61. The molecule has 1 unspecified atom stereocenters. The highest BCUT2D eigenvalue weighted by Gasteiger charge is 2.25. The van der Waals surface area contributed by atoms with Gasteiger partial charge in [0.15, 0.2) is 6.10 Å². The number of morpholine rings is 1. The molecule has 0 radical (unpaired) electrons. The highest BCUT2D eigenvalue weighted by atomic mass is 16.5. The number of hydrogen-bond donors (Lipinski definition) is 1. The predicted octanol–water partition coefficient (Wildman–Crippen LogP) is 0.144. The monoisotopic (exact) mass is 261 g/mol. The normalized spacial score (nSPS) is 18.7. The molecule has 1 aromatic rings. The van der Waals surface area contributed by atoms with E-state index in [4.69, 9.17) is 15.1 Å². The van der Waals surface area contributed by atoms with Crippen LogP contribution in [0.15, 0.2) is 18.3 Å². The van der Waals surface area contributed by atoms with Gasteiger partial charge in [-0.2, -0.15) is 5.26 Å². The number of carbonyl (C=O) groups is 2. The second-order valence-corrected chi connectivity index (χ2v) is 3.98. The molecule has 19 heavy (non-hydrogen) atoms. The van der Waals surface area contributed by atoms with Crippen LogP contribution in [0.1, 0.15) is 20.8 Å². The minimum Gasteiger partial charge on any atom is -0.478 e. The van der Waals surface area contributed by atoms with Crippen molar-refractivity contribution in [2.45, 2.75) is 6.10 Å². The summed E-state index contributed by atoms with van der Waals surface area (Å²) in [5.74, 6) is -1.43. The summed E-state index contributed by atoms with van der Waals surface area (Å²) in [6.45, 7) is 0.883. The molecule has 1 aliphatic rings. The van der Waals surface area contributed by atoms with E-state index in [2.05, 4.69) is 4.98 Å². The molecular formula is C12H11N3O4. The number of rotatable bonds is 2. The summed E-state index contributed by atoms with van der Waals surface area (Å²) in [7, 11) is 0. The quantitative estimate of drug-likeness (QED) is 0.812. The first-order chi connectivity index (χ1) is 9.11. The van der Waals surface area contributed by atoms with Gasteiger partial charge in [-0.05, 0) is 12.1 Å². The Morgan fingerprint density at radius 1 is 1.53 bits per heavy atom. The molecule has 1 N–H and O–H groups in total. The zero-order chi connectivity index (χ0) is 13.8. The average molecular weight is 261 g/mol. The minimum atomic E-state index is -1.09. The number of carboxylic acid groups (broad SMARTS) is 1. The van der Waals surface area contributed by atoms with Crippen molar-refractivity contribution in [2.24, 2.45) is 0 Å². The van der Waals surface area contributed by atoms with E-state index in [1.54, 1.807) is 0 Å². The van der Waals surface area contributed by atoms with Crippen molar-refractivity contribution in [1.29, 1.82) is 5.26 Å². The predicted molar refractivity (Wildman–Crippen MR) is 62.5 cm³/mol. The molecule has 7 nitrogen and oxygen atoms in total. The van der Waals surface area contributed by atoms with Crippen molar-refractivity contribution in [3.8, 4) is 6.07 Å². The van der Waals surface area contributed by atoms with Crippen molar-refractivity contribution in [1.82, 2.24) is 9.88 Å². The van der Waals surface area contributed by atoms with Gasteiger partial charge in [-0.15, -0.1) is 0 Å². The molecule has 1 amide bonds. The van der Waals surface area contributed by atoms with Crippen LogP contribution >= 0.6 is 0 Å². The smallest absolute Gasteiger partial charge is 0.337 e. The highest BCUT2D eigenvalue weighted by molar-refractivity contribution is 5.93. The van der Waals surface area contributed by atoms with Crippen molar-refractivity contribution >= 4 is 11.9 Å². The van der Waals surface area contributed by atoms with Crippen LogP contribution in [0.3, 0.4) is 0 Å². The van der Waals surface area contributed by atoms with Gasteiger partial charge in [-0.3, -0.25) is 9.78 Å². The molecule has 0 saturated carbocycles. The maximum atomic E-state index is 12.1. The van der Waals surface area contributed by atoms with Gasteiger partial charge in [0.2, 0.25) is 0 Å². The van der Waals surface area contributed by atoms with E-state index in [0.717, 1.165) is 6.20 Å². The van der Waals surface area contributed by atoms with E-state index in [1.807, 2.05) is 6.07 Å². The number of aromatic nitrogens is 1. The fraction of sp³-hybridized carbons (Fsp3) is 0.333. The lowest BCUT2D eigenvalue weighted by Gasteiger charge is -2.29. The summed E-state index contributed by atoms with van der Waals surface area (Å²) < 4.78 is 5.14. The fourth-order valence-electron chi connectivity index (χ4n) is 1.72. The number of carbonyl (C=O) groups excluding carboxylic acids is 1. The van der Waals surface area contributed by atoms with Gasteiger partial charge >= 0.3 is 5.97 Å². The highest BCUT2D eigenvalue weighted by Crippen LogP contribution is 2.09. The minimum absolute atomic E-state index is 0.0217. The van der Waals surface area contributed by atoms with Gasteiger partial charge < -0.3 is 14.7 Å². The number of ether oxygens (including phenoxy) is 1. The molecule has 1 saturated heterocycles. The standard InChI is InChI=1S/C12H11N3O4/c13-5-9-7-15(3-4-19-9)11(16)10-2-1-8(6-14-10)12(17)18/h1-2,6,9H,3-4,7H2,(H,17,18). The maximum Gasteiger partial charge on any atom is 0.337 e. The Hall–Kier alpha value is -2.46. The van der Waals surface area contributed by atoms with Crippen molar-refractivity contribution in [3.63, 3.8) is 0 Å². The fourth-order valence-corrected chi connectivity index (χ4v) is 1.72. The first-order valence-electron chi connectivity index (χ1n) is 5.61. The molecule has 7 heteroatoms. The molecule has 1 fully saturated rings. The van der Waals surface area contributed by atoms with Crippen LogP contribution in [0.2, 0.25) is 0 Å². The van der Waals surface area contributed by atoms with E-state index in [0.29, 0.717) is 13.2 Å². The molecule has 0 aromatic carbocycles. The lowest BCUT2D eigenvalue weighted by atomic mass is 10.2. The molecule has 98 valence electrons. The third-order valence-electron chi connectivity index (χ3n) is 2.73. The van der Waals surface area contributed by atoms with Crippen molar-refractivity contribution in [2.75, 3.05) is 19.7 Å². The summed E-state index contributed by atoms with van der Waals surface area (Å²) in [5, 5.41) is 17.5. The molecule has 1 aliphatic heterocycles. The summed E-state index contributed by atoms with van der Waals surface area (Å²) in [6.07, 6.45) is 0.508. The lowest BCUT2D eigenvalue weighted by Crippen LogP contribution is -2.45. The Morgan fingerprint density at radius 3 is 2.89 bits per heavy atom. The topological polar surface area (TPSA) is 104 Å².